The molecule has 4 aromatic rings. The number of carbonyl (C=O) groups is 1. The number of aromatic nitrogens is 3. The van der Waals surface area contributed by atoms with Gasteiger partial charge in [0.2, 0.25) is 5.95 Å². The van der Waals surface area contributed by atoms with Gasteiger partial charge in [0.15, 0.2) is 0 Å². The van der Waals surface area contributed by atoms with Crippen LogP contribution in [0.1, 0.15) is 27.7 Å². The van der Waals surface area contributed by atoms with Gasteiger partial charge in [0.1, 0.15) is 17.3 Å². The van der Waals surface area contributed by atoms with Crippen LogP contribution < -0.4 is 5.32 Å². The molecule has 2 aromatic heterocycles. The van der Waals surface area contributed by atoms with Crippen LogP contribution in [-0.4, -0.2) is 43.6 Å². The molecule has 184 valence electrons. The largest absolute Gasteiger partial charge is 0.394 e. The second kappa shape index (κ2) is 9.67. The number of rotatable bonds is 6. The van der Waals surface area contributed by atoms with Crippen molar-refractivity contribution in [2.45, 2.75) is 19.5 Å². The first-order valence-electron chi connectivity index (χ1n) is 11.3. The lowest BCUT2D eigenvalue weighted by Gasteiger charge is -2.34. The van der Waals surface area contributed by atoms with Crippen molar-refractivity contribution in [2.75, 3.05) is 18.5 Å². The second-order valence-electron chi connectivity index (χ2n) is 8.53. The van der Waals surface area contributed by atoms with Gasteiger partial charge < -0.3 is 19.9 Å². The van der Waals surface area contributed by atoms with E-state index in [9.17, 15) is 18.7 Å². The lowest BCUT2D eigenvalue weighted by molar-refractivity contribution is 0.0525. The fourth-order valence-electron chi connectivity index (χ4n) is 4.37. The van der Waals surface area contributed by atoms with Gasteiger partial charge >= 0.3 is 0 Å². The smallest absolute Gasteiger partial charge is 0.271 e. The second-order valence-corrected chi connectivity index (χ2v) is 8.94. The quantitative estimate of drug-likeness (QED) is 0.377. The first-order chi connectivity index (χ1) is 17.3. The average Bonchev–Trinajstić information content (AvgIpc) is 3.29. The summed E-state index contributed by atoms with van der Waals surface area (Å²) in [5.41, 5.74) is 3.58. The summed E-state index contributed by atoms with van der Waals surface area (Å²) in [5, 5.41) is 13.2. The molecule has 5 rings (SSSR count). The minimum absolute atomic E-state index is 0.197. The van der Waals surface area contributed by atoms with Crippen molar-refractivity contribution < 1.29 is 18.7 Å². The van der Waals surface area contributed by atoms with Crippen LogP contribution in [0.5, 0.6) is 0 Å². The molecule has 0 bridgehead atoms. The number of carbonyl (C=O) groups excluding carboxylic acids is 1. The van der Waals surface area contributed by atoms with Crippen LogP contribution >= 0.6 is 11.6 Å². The van der Waals surface area contributed by atoms with E-state index >= 15 is 0 Å². The van der Waals surface area contributed by atoms with Crippen LogP contribution in [0.3, 0.4) is 0 Å². The number of benzene rings is 2. The Labute approximate surface area is 211 Å². The number of amides is 1. The highest BCUT2D eigenvalue weighted by Crippen LogP contribution is 2.31. The van der Waals surface area contributed by atoms with E-state index in [4.69, 9.17) is 11.6 Å². The number of nitrogens with zero attached hydrogens (tertiary/aromatic N) is 4. The zero-order chi connectivity index (χ0) is 25.4. The van der Waals surface area contributed by atoms with Gasteiger partial charge in [0.05, 0.1) is 29.1 Å². The Bertz CT molecular complexity index is 1460. The molecule has 0 saturated carbocycles. The van der Waals surface area contributed by atoms with E-state index in [1.807, 2.05) is 17.7 Å². The molecule has 1 aliphatic rings. The zero-order valence-electron chi connectivity index (χ0n) is 19.3. The Kier molecular flexibility index (Phi) is 6.42. The maximum atomic E-state index is 13.8. The Morgan fingerprint density at radius 1 is 1.14 bits per heavy atom. The maximum Gasteiger partial charge on any atom is 0.271 e. The fraction of sp³-hybridized carbons (Fsp3) is 0.192. The number of nitrogens with one attached hydrogen (secondary N) is 1. The van der Waals surface area contributed by atoms with E-state index in [0.29, 0.717) is 35.7 Å². The molecule has 1 atom stereocenters. The number of halogens is 3. The molecule has 36 heavy (non-hydrogen) atoms. The number of aliphatic hydroxyl groups is 1. The molecular weight excluding hydrogens is 488 g/mol. The van der Waals surface area contributed by atoms with E-state index in [-0.39, 0.29) is 23.5 Å². The molecule has 2 aromatic carbocycles. The van der Waals surface area contributed by atoms with Crippen molar-refractivity contribution in [3.8, 4) is 11.3 Å². The third kappa shape index (κ3) is 4.55. The van der Waals surface area contributed by atoms with Crippen LogP contribution in [0.4, 0.5) is 20.4 Å². The molecule has 0 spiro atoms. The third-order valence-corrected chi connectivity index (χ3v) is 6.48. The zero-order valence-corrected chi connectivity index (χ0v) is 20.0. The van der Waals surface area contributed by atoms with Crippen LogP contribution in [-0.2, 0) is 6.54 Å². The molecule has 2 N–H and O–H groups in total. The van der Waals surface area contributed by atoms with Crippen molar-refractivity contribution in [1.29, 1.82) is 0 Å². The molecule has 1 amide bonds. The summed E-state index contributed by atoms with van der Waals surface area (Å²) in [7, 11) is 0. The van der Waals surface area contributed by atoms with Crippen molar-refractivity contribution >= 4 is 29.1 Å². The summed E-state index contributed by atoms with van der Waals surface area (Å²) < 4.78 is 29.0. The van der Waals surface area contributed by atoms with Gasteiger partial charge in [0.25, 0.3) is 5.91 Å². The summed E-state index contributed by atoms with van der Waals surface area (Å²) in [6, 6.07) is 11.0. The predicted molar refractivity (Wildman–Crippen MR) is 132 cm³/mol. The summed E-state index contributed by atoms with van der Waals surface area (Å²) in [6.07, 6.45) is 3.50. The highest BCUT2D eigenvalue weighted by Gasteiger charge is 2.32. The van der Waals surface area contributed by atoms with E-state index < -0.39 is 17.7 Å². The highest BCUT2D eigenvalue weighted by atomic mass is 35.5. The monoisotopic (exact) mass is 509 g/mol. The molecule has 0 aliphatic carbocycles. The van der Waals surface area contributed by atoms with E-state index in [1.54, 1.807) is 29.3 Å². The number of aliphatic hydroxyl groups excluding tert-OH is 1. The van der Waals surface area contributed by atoms with Gasteiger partial charge in [-0.3, -0.25) is 4.79 Å². The number of aryl methyl sites for hydroxylation is 1. The lowest BCUT2D eigenvalue weighted by atomic mass is 10.0. The minimum atomic E-state index is -0.655. The minimum Gasteiger partial charge on any atom is -0.394 e. The van der Waals surface area contributed by atoms with Gasteiger partial charge in [0, 0.05) is 31.0 Å². The maximum absolute atomic E-state index is 13.8. The van der Waals surface area contributed by atoms with E-state index in [1.165, 1.54) is 30.3 Å². The van der Waals surface area contributed by atoms with Crippen LogP contribution in [0.25, 0.3) is 11.3 Å². The van der Waals surface area contributed by atoms with E-state index in [2.05, 4.69) is 15.3 Å². The van der Waals surface area contributed by atoms with Crippen LogP contribution in [0, 0.1) is 18.6 Å². The van der Waals surface area contributed by atoms with Gasteiger partial charge in [-0.2, -0.15) is 0 Å². The molecule has 0 fully saturated rings. The lowest BCUT2D eigenvalue weighted by Crippen LogP contribution is -2.43. The molecule has 0 unspecified atom stereocenters. The third-order valence-electron chi connectivity index (χ3n) is 6.16. The fourth-order valence-corrected chi connectivity index (χ4v) is 4.58. The van der Waals surface area contributed by atoms with Gasteiger partial charge in [-0.15, -0.1) is 0 Å². The number of fused-ring (bicyclic) bond motifs is 1. The number of hydrogen-bond donors (Lipinski definition) is 2. The van der Waals surface area contributed by atoms with Gasteiger partial charge in [-0.1, -0.05) is 23.7 Å². The van der Waals surface area contributed by atoms with Crippen LogP contribution in [0.2, 0.25) is 5.02 Å². The number of hydrogen-bond acceptors (Lipinski definition) is 5. The van der Waals surface area contributed by atoms with Crippen molar-refractivity contribution in [1.82, 2.24) is 19.4 Å². The van der Waals surface area contributed by atoms with Crippen molar-refractivity contribution in [3.05, 3.63) is 94.4 Å². The Morgan fingerprint density at radius 2 is 1.94 bits per heavy atom. The highest BCUT2D eigenvalue weighted by molar-refractivity contribution is 6.33. The van der Waals surface area contributed by atoms with Gasteiger partial charge in [-0.05, 0) is 54.4 Å². The van der Waals surface area contributed by atoms with Gasteiger partial charge in [-0.25, -0.2) is 18.7 Å². The summed E-state index contributed by atoms with van der Waals surface area (Å²) in [4.78, 5) is 23.8. The molecule has 0 radical (unpaired) electrons. The summed E-state index contributed by atoms with van der Waals surface area (Å²) in [5.74, 6) is -0.867. The first-order valence-corrected chi connectivity index (χ1v) is 11.7. The normalized spacial score (nSPS) is 14.0. The predicted octanol–water partition coefficient (Wildman–Crippen LogP) is 5.12. The van der Waals surface area contributed by atoms with E-state index in [0.717, 1.165) is 11.1 Å². The standard InChI is InChI=1S/C26H22ClF2N5O2/c1-15-12-30-26(31-21-6-5-19(29)11-20(21)27)32-24(15)17-10-22-25(36)34(8-7-33(22)13-17)23(14-35)16-3-2-4-18(28)9-16/h2-6,9-13,23,35H,7-8,14H2,1H3,(H,30,31,32)/t23-/m0/s1. The SMILES string of the molecule is Cc1cnc(Nc2ccc(F)cc2Cl)nc1-c1cc2n(c1)CCN([C@@H](CO)c1cccc(F)c1)C2=O. The average molecular weight is 510 g/mol. The molecule has 3 heterocycles. The molecule has 7 nitrogen and oxygen atoms in total. The summed E-state index contributed by atoms with van der Waals surface area (Å²) in [6.45, 7) is 2.41. The van der Waals surface area contributed by atoms with Crippen LogP contribution in [0.15, 0.2) is 60.9 Å². The van der Waals surface area contributed by atoms with Crippen molar-refractivity contribution in [2.24, 2.45) is 0 Å². The number of anilines is 2. The summed E-state index contributed by atoms with van der Waals surface area (Å²) >= 11 is 6.11. The Morgan fingerprint density at radius 3 is 2.69 bits per heavy atom. The molecular formula is C26H22ClF2N5O2. The molecule has 1 aliphatic heterocycles. The first kappa shape index (κ1) is 23.9. The Hall–Kier alpha value is -3.82. The molecule has 10 heteroatoms. The Balaban J connectivity index is 1.44. The van der Waals surface area contributed by atoms with Crippen molar-refractivity contribution in [3.63, 3.8) is 0 Å². The topological polar surface area (TPSA) is 83.3 Å². The molecule has 0 saturated heterocycles.